The molecule has 2 aliphatic heterocycles. The molecule has 2 aliphatic rings. The van der Waals surface area contributed by atoms with Crippen LogP contribution in [0.5, 0.6) is 5.75 Å². The molecule has 2 atom stereocenters. The summed E-state index contributed by atoms with van der Waals surface area (Å²) in [5, 5.41) is 0. The SMILES string of the molecule is CCCCOc1ccc(N2CC[C@H]3COO[C@]32C)cc1. The topological polar surface area (TPSA) is 30.9 Å². The molecule has 2 saturated heterocycles. The van der Waals surface area contributed by atoms with Gasteiger partial charge in [0.2, 0.25) is 0 Å². The molecule has 3 rings (SSSR count). The van der Waals surface area contributed by atoms with Crippen molar-refractivity contribution < 1.29 is 14.5 Å². The van der Waals surface area contributed by atoms with Crippen molar-refractivity contribution in [2.24, 2.45) is 5.92 Å². The maximum atomic E-state index is 5.70. The first-order valence-electron chi connectivity index (χ1n) is 7.55. The Bertz CT molecular complexity index is 448. The summed E-state index contributed by atoms with van der Waals surface area (Å²) in [5.41, 5.74) is 0.855. The smallest absolute Gasteiger partial charge is 0.177 e. The van der Waals surface area contributed by atoms with Crippen molar-refractivity contribution in [3.05, 3.63) is 24.3 Å². The van der Waals surface area contributed by atoms with Gasteiger partial charge in [-0.05, 0) is 44.0 Å². The van der Waals surface area contributed by atoms with Gasteiger partial charge in [0.1, 0.15) is 5.75 Å². The molecule has 0 aromatic heterocycles. The number of rotatable bonds is 5. The Kier molecular flexibility index (Phi) is 3.85. The van der Waals surface area contributed by atoms with E-state index in [0.717, 1.165) is 38.2 Å². The Morgan fingerprint density at radius 3 is 2.90 bits per heavy atom. The highest BCUT2D eigenvalue weighted by Crippen LogP contribution is 2.43. The van der Waals surface area contributed by atoms with Crippen LogP contribution in [0.15, 0.2) is 24.3 Å². The van der Waals surface area contributed by atoms with E-state index in [1.54, 1.807) is 0 Å². The van der Waals surface area contributed by atoms with E-state index in [2.05, 4.69) is 30.9 Å². The third-order valence-corrected chi connectivity index (χ3v) is 4.41. The summed E-state index contributed by atoms with van der Waals surface area (Å²) in [4.78, 5) is 13.0. The van der Waals surface area contributed by atoms with Crippen LogP contribution in [0.3, 0.4) is 0 Å². The van der Waals surface area contributed by atoms with Crippen molar-refractivity contribution in [2.45, 2.75) is 38.8 Å². The van der Waals surface area contributed by atoms with E-state index < -0.39 is 0 Å². The lowest BCUT2D eigenvalue weighted by Crippen LogP contribution is -2.44. The van der Waals surface area contributed by atoms with E-state index in [1.165, 1.54) is 5.69 Å². The summed E-state index contributed by atoms with van der Waals surface area (Å²) in [6, 6.07) is 8.29. The molecule has 0 spiro atoms. The van der Waals surface area contributed by atoms with Crippen molar-refractivity contribution in [2.75, 3.05) is 24.7 Å². The van der Waals surface area contributed by atoms with Crippen LogP contribution in [-0.2, 0) is 9.78 Å². The van der Waals surface area contributed by atoms with E-state index in [4.69, 9.17) is 14.5 Å². The summed E-state index contributed by atoms with van der Waals surface area (Å²) >= 11 is 0. The van der Waals surface area contributed by atoms with Crippen LogP contribution in [0.2, 0.25) is 0 Å². The van der Waals surface area contributed by atoms with Crippen molar-refractivity contribution in [1.29, 1.82) is 0 Å². The Hall–Kier alpha value is -1.26. The predicted octanol–water partition coefficient (Wildman–Crippen LogP) is 3.37. The third kappa shape index (κ3) is 2.38. The van der Waals surface area contributed by atoms with Crippen LogP contribution in [-0.4, -0.2) is 25.5 Å². The van der Waals surface area contributed by atoms with Gasteiger partial charge in [0.15, 0.2) is 5.72 Å². The van der Waals surface area contributed by atoms with E-state index in [-0.39, 0.29) is 5.72 Å². The lowest BCUT2D eigenvalue weighted by Gasteiger charge is -2.33. The summed E-state index contributed by atoms with van der Waals surface area (Å²) in [6.45, 7) is 6.78. The number of hydrogen-bond acceptors (Lipinski definition) is 4. The number of ether oxygens (including phenoxy) is 1. The first-order valence-corrected chi connectivity index (χ1v) is 7.55. The van der Waals surface area contributed by atoms with Crippen molar-refractivity contribution in [3.8, 4) is 5.75 Å². The molecule has 0 unspecified atom stereocenters. The van der Waals surface area contributed by atoms with Gasteiger partial charge in [-0.2, -0.15) is 0 Å². The van der Waals surface area contributed by atoms with Crippen molar-refractivity contribution in [1.82, 2.24) is 0 Å². The first-order chi connectivity index (χ1) is 9.74. The fourth-order valence-corrected chi connectivity index (χ4v) is 3.02. The van der Waals surface area contributed by atoms with E-state index in [0.29, 0.717) is 12.5 Å². The van der Waals surface area contributed by atoms with Gasteiger partial charge in [0.05, 0.1) is 13.2 Å². The average Bonchev–Trinajstić information content (AvgIpc) is 2.96. The number of fused-ring (bicyclic) bond motifs is 1. The molecule has 0 N–H and O–H groups in total. The van der Waals surface area contributed by atoms with Crippen LogP contribution in [0.1, 0.15) is 33.1 Å². The fourth-order valence-electron chi connectivity index (χ4n) is 3.02. The van der Waals surface area contributed by atoms with Gasteiger partial charge in [-0.25, -0.2) is 9.78 Å². The standard InChI is InChI=1S/C16H23NO3/c1-3-4-11-18-15-7-5-14(6-8-15)17-10-9-13-12-19-20-16(13,17)2/h5-8,13H,3-4,9-12H2,1-2H3/t13-,16+/m0/s1. The quantitative estimate of drug-likeness (QED) is 0.610. The van der Waals surface area contributed by atoms with Crippen molar-refractivity contribution >= 4 is 5.69 Å². The van der Waals surface area contributed by atoms with Crippen molar-refractivity contribution in [3.63, 3.8) is 0 Å². The summed E-state index contributed by atoms with van der Waals surface area (Å²) < 4.78 is 5.70. The van der Waals surface area contributed by atoms with E-state index in [9.17, 15) is 0 Å². The average molecular weight is 277 g/mol. The highest BCUT2D eigenvalue weighted by atomic mass is 17.2. The number of nitrogens with zero attached hydrogens (tertiary/aromatic N) is 1. The van der Waals surface area contributed by atoms with E-state index in [1.807, 2.05) is 12.1 Å². The molecule has 0 saturated carbocycles. The second-order valence-electron chi connectivity index (χ2n) is 5.76. The molecule has 0 aliphatic carbocycles. The molecule has 0 bridgehead atoms. The molecular weight excluding hydrogens is 254 g/mol. The van der Waals surface area contributed by atoms with Crippen LogP contribution in [0.4, 0.5) is 5.69 Å². The molecule has 0 radical (unpaired) electrons. The Morgan fingerprint density at radius 2 is 2.15 bits per heavy atom. The maximum Gasteiger partial charge on any atom is 0.177 e. The molecule has 2 heterocycles. The molecule has 2 fully saturated rings. The Balaban J connectivity index is 1.68. The first kappa shape index (κ1) is 13.7. The number of unbranched alkanes of at least 4 members (excludes halogenated alkanes) is 1. The lowest BCUT2D eigenvalue weighted by molar-refractivity contribution is -0.303. The second kappa shape index (κ2) is 5.62. The Labute approximate surface area is 120 Å². The van der Waals surface area contributed by atoms with Crippen LogP contribution in [0, 0.1) is 5.92 Å². The zero-order chi connectivity index (χ0) is 14.0. The minimum absolute atomic E-state index is 0.315. The zero-order valence-electron chi connectivity index (χ0n) is 12.3. The van der Waals surface area contributed by atoms with Gasteiger partial charge in [0.25, 0.3) is 0 Å². The normalized spacial score (nSPS) is 28.7. The third-order valence-electron chi connectivity index (χ3n) is 4.41. The molecule has 4 heteroatoms. The van der Waals surface area contributed by atoms with Gasteiger partial charge in [-0.1, -0.05) is 13.3 Å². The number of hydrogen-bond donors (Lipinski definition) is 0. The fraction of sp³-hybridized carbons (Fsp3) is 0.625. The molecule has 1 aromatic rings. The molecular formula is C16H23NO3. The van der Waals surface area contributed by atoms with Gasteiger partial charge >= 0.3 is 0 Å². The minimum atomic E-state index is -0.315. The lowest BCUT2D eigenvalue weighted by atomic mass is 10.00. The van der Waals surface area contributed by atoms with Crippen LogP contribution in [0.25, 0.3) is 0 Å². The van der Waals surface area contributed by atoms with Gasteiger partial charge in [0, 0.05) is 18.2 Å². The molecule has 20 heavy (non-hydrogen) atoms. The zero-order valence-corrected chi connectivity index (χ0v) is 12.3. The van der Waals surface area contributed by atoms with Gasteiger partial charge in [-0.3, -0.25) is 0 Å². The van der Waals surface area contributed by atoms with Crippen LogP contribution < -0.4 is 9.64 Å². The monoisotopic (exact) mass is 277 g/mol. The predicted molar refractivity (Wildman–Crippen MR) is 77.7 cm³/mol. The van der Waals surface area contributed by atoms with E-state index >= 15 is 0 Å². The largest absolute Gasteiger partial charge is 0.494 e. The number of anilines is 1. The maximum absolute atomic E-state index is 5.70. The molecule has 4 nitrogen and oxygen atoms in total. The number of benzene rings is 1. The molecule has 110 valence electrons. The van der Waals surface area contributed by atoms with Gasteiger partial charge < -0.3 is 9.64 Å². The van der Waals surface area contributed by atoms with Crippen LogP contribution >= 0.6 is 0 Å². The highest BCUT2D eigenvalue weighted by molar-refractivity contribution is 5.52. The second-order valence-corrected chi connectivity index (χ2v) is 5.76. The minimum Gasteiger partial charge on any atom is -0.494 e. The summed E-state index contributed by atoms with van der Waals surface area (Å²) in [6.07, 6.45) is 3.37. The van der Waals surface area contributed by atoms with Gasteiger partial charge in [-0.15, -0.1) is 0 Å². The summed E-state index contributed by atoms with van der Waals surface area (Å²) in [7, 11) is 0. The molecule has 1 aromatic carbocycles. The molecule has 0 amide bonds. The highest BCUT2D eigenvalue weighted by Gasteiger charge is 2.51. The summed E-state index contributed by atoms with van der Waals surface area (Å²) in [5.74, 6) is 1.40. The Morgan fingerprint density at radius 1 is 1.35 bits per heavy atom.